The van der Waals surface area contributed by atoms with Gasteiger partial charge in [0.05, 0.1) is 6.61 Å². The summed E-state index contributed by atoms with van der Waals surface area (Å²) in [6, 6.07) is 0.0703. The third kappa shape index (κ3) is 3.10. The van der Waals surface area contributed by atoms with Crippen molar-refractivity contribution < 1.29 is 13.9 Å². The zero-order valence-electron chi connectivity index (χ0n) is 13.2. The Morgan fingerprint density at radius 2 is 1.89 bits per heavy atom. The Balaban J connectivity index is 1.94. The largest absolute Gasteiger partial charge is 0.415 e. The fourth-order valence-electron chi connectivity index (χ4n) is 2.16. The summed E-state index contributed by atoms with van der Waals surface area (Å²) in [7, 11) is -1.72. The average molecular weight is 285 g/mol. The fourth-order valence-corrected chi connectivity index (χ4v) is 3.18. The molecule has 5 heteroatoms. The van der Waals surface area contributed by atoms with Gasteiger partial charge in [-0.3, -0.25) is 4.99 Å². The molecule has 0 N–H and O–H groups in total. The van der Waals surface area contributed by atoms with E-state index in [9.17, 15) is 0 Å². The average Bonchev–Trinajstić information content (AvgIpc) is 2.68. The number of hydrogen-bond donors (Lipinski definition) is 0. The molecule has 110 valence electrons. The summed E-state index contributed by atoms with van der Waals surface area (Å²) in [6.45, 7) is 15.8. The quantitative estimate of drug-likeness (QED) is 0.748. The smallest absolute Gasteiger partial charge is 0.192 e. The van der Waals surface area contributed by atoms with Crippen LogP contribution in [0.25, 0.3) is 0 Å². The minimum atomic E-state index is -1.72. The van der Waals surface area contributed by atoms with Crippen LogP contribution in [0.2, 0.25) is 18.1 Å². The molecule has 2 heterocycles. The van der Waals surface area contributed by atoms with Gasteiger partial charge in [-0.05, 0) is 32.0 Å². The topological polar surface area (TPSA) is 40.0 Å². The lowest BCUT2D eigenvalue weighted by Crippen LogP contribution is -2.44. The normalized spacial score (nSPS) is 33.7. The monoisotopic (exact) mass is 285 g/mol. The van der Waals surface area contributed by atoms with Crippen LogP contribution in [0.5, 0.6) is 0 Å². The van der Waals surface area contributed by atoms with E-state index >= 15 is 0 Å². The summed E-state index contributed by atoms with van der Waals surface area (Å²) < 4.78 is 18.0. The molecule has 19 heavy (non-hydrogen) atoms. The van der Waals surface area contributed by atoms with E-state index in [4.69, 9.17) is 13.9 Å². The highest BCUT2D eigenvalue weighted by Gasteiger charge is 2.48. The predicted molar refractivity (Wildman–Crippen MR) is 79.3 cm³/mol. The Kier molecular flexibility index (Phi) is 3.71. The van der Waals surface area contributed by atoms with Gasteiger partial charge in [0.2, 0.25) is 0 Å². The molecule has 3 atom stereocenters. The molecule has 0 saturated carbocycles. The van der Waals surface area contributed by atoms with Crippen LogP contribution in [0.4, 0.5) is 0 Å². The molecular formula is C14H27NO3Si. The maximum Gasteiger partial charge on any atom is 0.192 e. The van der Waals surface area contributed by atoms with Crippen LogP contribution in [0.1, 0.15) is 34.6 Å². The number of nitrogens with zero attached hydrogens (tertiary/aromatic N) is 1. The number of ether oxygens (including phenoxy) is 2. The zero-order valence-corrected chi connectivity index (χ0v) is 14.2. The van der Waals surface area contributed by atoms with E-state index in [1.165, 1.54) is 0 Å². The molecule has 0 aromatic carbocycles. The van der Waals surface area contributed by atoms with Gasteiger partial charge in [-0.15, -0.1) is 0 Å². The first kappa shape index (κ1) is 15.2. The number of rotatable bonds is 3. The van der Waals surface area contributed by atoms with Crippen LogP contribution in [-0.2, 0) is 13.9 Å². The molecule has 2 rings (SSSR count). The van der Waals surface area contributed by atoms with E-state index in [0.29, 0.717) is 6.61 Å². The first-order chi connectivity index (χ1) is 8.52. The van der Waals surface area contributed by atoms with Gasteiger partial charge < -0.3 is 13.9 Å². The predicted octanol–water partition coefficient (Wildman–Crippen LogP) is 2.98. The van der Waals surface area contributed by atoms with Crippen molar-refractivity contribution in [3.63, 3.8) is 0 Å². The van der Waals surface area contributed by atoms with Gasteiger partial charge in [-0.1, -0.05) is 20.8 Å². The van der Waals surface area contributed by atoms with E-state index in [1.54, 1.807) is 0 Å². The highest BCUT2D eigenvalue weighted by molar-refractivity contribution is 6.74. The van der Waals surface area contributed by atoms with Crippen molar-refractivity contribution >= 4 is 14.5 Å². The van der Waals surface area contributed by atoms with E-state index in [1.807, 2.05) is 20.1 Å². The molecule has 0 bridgehead atoms. The summed E-state index contributed by atoms with van der Waals surface area (Å²) in [4.78, 5) is 4.49. The molecular weight excluding hydrogens is 258 g/mol. The Morgan fingerprint density at radius 3 is 2.47 bits per heavy atom. The second-order valence-electron chi connectivity index (χ2n) is 7.50. The van der Waals surface area contributed by atoms with E-state index in [-0.39, 0.29) is 23.3 Å². The molecule has 2 unspecified atom stereocenters. The molecule has 0 spiro atoms. The molecule has 2 aliphatic heterocycles. The summed E-state index contributed by atoms with van der Waals surface area (Å²) in [5.74, 6) is -0.503. The molecule has 0 aromatic rings. The van der Waals surface area contributed by atoms with Gasteiger partial charge in [0.25, 0.3) is 0 Å². The van der Waals surface area contributed by atoms with Gasteiger partial charge in [0, 0.05) is 6.21 Å². The minimum Gasteiger partial charge on any atom is -0.415 e. The van der Waals surface area contributed by atoms with Gasteiger partial charge in [0.15, 0.2) is 14.1 Å². The summed E-state index contributed by atoms with van der Waals surface area (Å²) in [6.07, 6.45) is 1.88. The Labute approximate surface area is 117 Å². The Morgan fingerprint density at radius 1 is 1.26 bits per heavy atom. The van der Waals surface area contributed by atoms with E-state index in [0.717, 1.165) is 0 Å². The molecule has 0 aliphatic carbocycles. The third-order valence-corrected chi connectivity index (χ3v) is 8.89. The van der Waals surface area contributed by atoms with Crippen molar-refractivity contribution in [1.29, 1.82) is 0 Å². The summed E-state index contributed by atoms with van der Waals surface area (Å²) in [5, 5.41) is 0.223. The summed E-state index contributed by atoms with van der Waals surface area (Å²) in [5.41, 5.74) is 0. The van der Waals surface area contributed by atoms with Gasteiger partial charge >= 0.3 is 0 Å². The zero-order chi connectivity index (χ0) is 14.5. The van der Waals surface area contributed by atoms with Gasteiger partial charge in [-0.2, -0.15) is 0 Å². The van der Waals surface area contributed by atoms with Crippen LogP contribution in [0.3, 0.4) is 0 Å². The molecule has 1 saturated heterocycles. The van der Waals surface area contributed by atoms with Gasteiger partial charge in [0.1, 0.15) is 18.2 Å². The second kappa shape index (κ2) is 4.65. The number of fused-ring (bicyclic) bond motifs is 1. The maximum absolute atomic E-state index is 6.24. The van der Waals surface area contributed by atoms with Crippen molar-refractivity contribution in [2.75, 3.05) is 6.61 Å². The van der Waals surface area contributed by atoms with Crippen LogP contribution in [0, 0.1) is 0 Å². The first-order valence-electron chi connectivity index (χ1n) is 7.05. The lowest BCUT2D eigenvalue weighted by molar-refractivity contribution is -0.145. The summed E-state index contributed by atoms with van der Waals surface area (Å²) >= 11 is 0. The van der Waals surface area contributed by atoms with Crippen LogP contribution < -0.4 is 0 Å². The standard InChI is InChI=1S/C14H27NO3Si/c1-13(2,3)19(6,7)16-9-10-12-11(8-15-10)17-14(4,5)18-12/h8,10-12H,9H2,1-7H3/t10-,11?,12?/m1/s1. The molecule has 2 aliphatic rings. The number of hydrogen-bond acceptors (Lipinski definition) is 4. The molecule has 1 fully saturated rings. The highest BCUT2D eigenvalue weighted by Crippen LogP contribution is 2.38. The van der Waals surface area contributed by atoms with Crippen LogP contribution >= 0.6 is 0 Å². The van der Waals surface area contributed by atoms with Crippen molar-refractivity contribution in [2.24, 2.45) is 4.99 Å². The van der Waals surface area contributed by atoms with Crippen molar-refractivity contribution in [3.8, 4) is 0 Å². The Bertz CT molecular complexity index is 373. The van der Waals surface area contributed by atoms with E-state index in [2.05, 4.69) is 38.9 Å². The first-order valence-corrected chi connectivity index (χ1v) is 9.96. The maximum atomic E-state index is 6.24. The van der Waals surface area contributed by atoms with Crippen molar-refractivity contribution in [2.45, 2.75) is 76.8 Å². The second-order valence-corrected chi connectivity index (χ2v) is 12.3. The SMILES string of the molecule is CC1(C)OC2C=N[C@H](CO[Si](C)(C)C(C)(C)C)C2O1. The lowest BCUT2D eigenvalue weighted by Gasteiger charge is -2.37. The molecule has 4 nitrogen and oxygen atoms in total. The number of aliphatic imine (C=N–C) groups is 1. The Hall–Kier alpha value is -0.233. The highest BCUT2D eigenvalue weighted by atomic mass is 28.4. The van der Waals surface area contributed by atoms with Crippen LogP contribution in [0.15, 0.2) is 4.99 Å². The van der Waals surface area contributed by atoms with Gasteiger partial charge in [-0.25, -0.2) is 0 Å². The molecule has 0 radical (unpaired) electrons. The third-order valence-electron chi connectivity index (χ3n) is 4.39. The molecule has 0 aromatic heterocycles. The van der Waals surface area contributed by atoms with Crippen molar-refractivity contribution in [1.82, 2.24) is 0 Å². The van der Waals surface area contributed by atoms with E-state index < -0.39 is 14.1 Å². The lowest BCUT2D eigenvalue weighted by atomic mass is 10.1. The minimum absolute atomic E-state index is 0.0111. The van der Waals surface area contributed by atoms with Crippen LogP contribution in [-0.4, -0.2) is 45.2 Å². The fraction of sp³-hybridized carbons (Fsp3) is 0.929. The van der Waals surface area contributed by atoms with Crippen molar-refractivity contribution in [3.05, 3.63) is 0 Å². The molecule has 0 amide bonds.